The van der Waals surface area contributed by atoms with E-state index in [-0.39, 0.29) is 5.91 Å². The van der Waals surface area contributed by atoms with Crippen LogP contribution in [0, 0.1) is 5.92 Å². The Labute approximate surface area is 153 Å². The summed E-state index contributed by atoms with van der Waals surface area (Å²) in [5.41, 5.74) is 1.51. The summed E-state index contributed by atoms with van der Waals surface area (Å²) in [5, 5.41) is 9.70. The third kappa shape index (κ3) is 3.51. The molecular weight excluding hydrogens is 332 g/mol. The monoisotopic (exact) mass is 358 g/mol. The normalized spacial score (nSPS) is 24.0. The maximum absolute atomic E-state index is 12.7. The fourth-order valence-corrected chi connectivity index (χ4v) is 5.04. The van der Waals surface area contributed by atoms with Gasteiger partial charge in [-0.2, -0.15) is 5.10 Å². The Balaban J connectivity index is 1.40. The molecule has 4 rings (SSSR count). The molecule has 1 N–H and O–H groups in total. The molecule has 1 amide bonds. The van der Waals surface area contributed by atoms with Gasteiger partial charge < -0.3 is 10.2 Å². The van der Waals surface area contributed by atoms with Crippen LogP contribution in [0.3, 0.4) is 0 Å². The van der Waals surface area contributed by atoms with Crippen LogP contribution < -0.4 is 5.32 Å². The lowest BCUT2D eigenvalue weighted by molar-refractivity contribution is 0.0574. The number of aromatic nitrogens is 2. The second-order valence-electron chi connectivity index (χ2n) is 7.23. The van der Waals surface area contributed by atoms with Gasteiger partial charge in [-0.15, -0.1) is 11.3 Å². The third-order valence-electron chi connectivity index (χ3n) is 5.64. The van der Waals surface area contributed by atoms with E-state index in [1.165, 1.54) is 45.2 Å². The first-order valence-electron chi connectivity index (χ1n) is 9.32. The molecule has 0 saturated carbocycles. The number of fused-ring (bicyclic) bond motifs is 1. The molecule has 0 radical (unpaired) electrons. The first-order chi connectivity index (χ1) is 12.2. The highest BCUT2D eigenvalue weighted by molar-refractivity contribution is 7.13. The van der Waals surface area contributed by atoms with Gasteiger partial charge in [0, 0.05) is 19.6 Å². The van der Waals surface area contributed by atoms with Crippen molar-refractivity contribution in [2.45, 2.75) is 38.1 Å². The lowest BCUT2D eigenvalue weighted by Crippen LogP contribution is -2.51. The number of nitrogens with zero attached hydrogens (tertiary/aromatic N) is 3. The number of nitrogens with one attached hydrogen (secondary N) is 1. The molecular formula is C19H26N4OS. The Morgan fingerprint density at radius 2 is 2.20 bits per heavy atom. The molecule has 25 heavy (non-hydrogen) atoms. The number of carbonyl (C=O) groups is 1. The highest BCUT2D eigenvalue weighted by atomic mass is 32.1. The minimum absolute atomic E-state index is 0.00857. The Morgan fingerprint density at radius 1 is 1.32 bits per heavy atom. The van der Waals surface area contributed by atoms with Crippen molar-refractivity contribution in [3.8, 4) is 10.6 Å². The van der Waals surface area contributed by atoms with E-state index >= 15 is 0 Å². The smallest absolute Gasteiger partial charge is 0.269 e. The molecule has 0 aliphatic carbocycles. The molecule has 0 aromatic carbocycles. The van der Waals surface area contributed by atoms with Crippen LogP contribution in [-0.4, -0.2) is 46.3 Å². The quantitative estimate of drug-likeness (QED) is 0.913. The summed E-state index contributed by atoms with van der Waals surface area (Å²) in [6, 6.07) is 6.60. The molecule has 2 aromatic rings. The van der Waals surface area contributed by atoms with Crippen LogP contribution >= 0.6 is 11.3 Å². The number of aryl methyl sites for hydroxylation is 1. The number of rotatable bonds is 4. The molecule has 2 aliphatic rings. The standard InChI is InChI=1S/C19H26N4OS/c1-22-17(12-15(21-22)18-8-5-11-25-18)19(24)20-13-14-6-4-10-23-9-3-2-7-16(14)23/h5,8,11-12,14,16H,2-4,6-7,9-10,13H2,1H3,(H,20,24)/t14-,16-/m1/s1. The lowest BCUT2D eigenvalue weighted by Gasteiger charge is -2.44. The highest BCUT2D eigenvalue weighted by Crippen LogP contribution is 2.30. The Morgan fingerprint density at radius 3 is 3.04 bits per heavy atom. The predicted octanol–water partition coefficient (Wildman–Crippen LogP) is 3.14. The number of hydrogen-bond acceptors (Lipinski definition) is 4. The second-order valence-corrected chi connectivity index (χ2v) is 8.17. The summed E-state index contributed by atoms with van der Waals surface area (Å²) in [7, 11) is 1.84. The van der Waals surface area contributed by atoms with Gasteiger partial charge in [-0.3, -0.25) is 9.48 Å². The van der Waals surface area contributed by atoms with Gasteiger partial charge in [0.1, 0.15) is 11.4 Å². The van der Waals surface area contributed by atoms with E-state index in [4.69, 9.17) is 0 Å². The zero-order valence-corrected chi connectivity index (χ0v) is 15.6. The average molecular weight is 359 g/mol. The van der Waals surface area contributed by atoms with Gasteiger partial charge in [0.05, 0.1) is 4.88 Å². The number of hydrogen-bond donors (Lipinski definition) is 1. The van der Waals surface area contributed by atoms with Crippen LogP contribution in [-0.2, 0) is 7.05 Å². The Hall–Kier alpha value is -1.66. The van der Waals surface area contributed by atoms with Crippen LogP contribution in [0.2, 0.25) is 0 Å². The summed E-state index contributed by atoms with van der Waals surface area (Å²) in [6.45, 7) is 3.25. The molecule has 0 unspecified atom stereocenters. The topological polar surface area (TPSA) is 50.2 Å². The predicted molar refractivity (Wildman–Crippen MR) is 101 cm³/mol. The fraction of sp³-hybridized carbons (Fsp3) is 0.579. The van der Waals surface area contributed by atoms with Gasteiger partial charge in [-0.1, -0.05) is 12.5 Å². The number of thiophene rings is 1. The van der Waals surface area contributed by atoms with Gasteiger partial charge in [0.2, 0.25) is 0 Å². The van der Waals surface area contributed by atoms with E-state index in [2.05, 4.69) is 15.3 Å². The van der Waals surface area contributed by atoms with Crippen molar-refractivity contribution in [2.24, 2.45) is 13.0 Å². The molecule has 2 aliphatic heterocycles. The molecule has 5 nitrogen and oxygen atoms in total. The zero-order chi connectivity index (χ0) is 17.2. The molecule has 2 atom stereocenters. The van der Waals surface area contributed by atoms with Gasteiger partial charge >= 0.3 is 0 Å². The van der Waals surface area contributed by atoms with E-state index in [1.54, 1.807) is 16.0 Å². The van der Waals surface area contributed by atoms with Crippen molar-refractivity contribution in [2.75, 3.05) is 19.6 Å². The van der Waals surface area contributed by atoms with E-state index in [9.17, 15) is 4.79 Å². The maximum Gasteiger partial charge on any atom is 0.269 e. The van der Waals surface area contributed by atoms with Crippen molar-refractivity contribution in [3.05, 3.63) is 29.3 Å². The summed E-state index contributed by atoms with van der Waals surface area (Å²) in [4.78, 5) is 16.4. The van der Waals surface area contributed by atoms with Gasteiger partial charge in [-0.25, -0.2) is 0 Å². The Kier molecular flexibility index (Phi) is 4.90. The second kappa shape index (κ2) is 7.30. The SMILES string of the molecule is Cn1nc(-c2cccs2)cc1C(=O)NC[C@H]1CCCN2CCCC[C@H]12. The molecule has 134 valence electrons. The molecule has 2 saturated heterocycles. The maximum atomic E-state index is 12.7. The van der Waals surface area contributed by atoms with Crippen molar-refractivity contribution < 1.29 is 4.79 Å². The molecule has 4 heterocycles. The van der Waals surface area contributed by atoms with Gasteiger partial charge in [-0.05, 0) is 62.2 Å². The number of amides is 1. The minimum Gasteiger partial charge on any atom is -0.350 e. The average Bonchev–Trinajstić information content (AvgIpc) is 3.29. The number of carbonyl (C=O) groups excluding carboxylic acids is 1. The largest absolute Gasteiger partial charge is 0.350 e. The number of piperidine rings is 2. The van der Waals surface area contributed by atoms with Crippen LogP contribution in [0.5, 0.6) is 0 Å². The summed E-state index contributed by atoms with van der Waals surface area (Å²) in [6.07, 6.45) is 6.43. The summed E-state index contributed by atoms with van der Waals surface area (Å²) >= 11 is 1.65. The van der Waals surface area contributed by atoms with Crippen molar-refractivity contribution in [1.29, 1.82) is 0 Å². The lowest BCUT2D eigenvalue weighted by atomic mass is 9.83. The van der Waals surface area contributed by atoms with Crippen LogP contribution in [0.4, 0.5) is 0 Å². The molecule has 2 aromatic heterocycles. The van der Waals surface area contributed by atoms with Crippen molar-refractivity contribution in [3.63, 3.8) is 0 Å². The molecule has 2 fully saturated rings. The van der Waals surface area contributed by atoms with Gasteiger partial charge in [0.25, 0.3) is 5.91 Å². The van der Waals surface area contributed by atoms with Crippen molar-refractivity contribution >= 4 is 17.2 Å². The van der Waals surface area contributed by atoms with E-state index in [0.29, 0.717) is 17.7 Å². The van der Waals surface area contributed by atoms with E-state index in [1.807, 2.05) is 30.6 Å². The van der Waals surface area contributed by atoms with Gasteiger partial charge in [0.15, 0.2) is 0 Å². The first-order valence-corrected chi connectivity index (χ1v) is 10.2. The van der Waals surface area contributed by atoms with Crippen molar-refractivity contribution in [1.82, 2.24) is 20.0 Å². The van der Waals surface area contributed by atoms with E-state index in [0.717, 1.165) is 17.1 Å². The minimum atomic E-state index is -0.00857. The van der Waals surface area contributed by atoms with Crippen LogP contribution in [0.25, 0.3) is 10.6 Å². The van der Waals surface area contributed by atoms with E-state index < -0.39 is 0 Å². The summed E-state index contributed by atoms with van der Waals surface area (Å²) < 4.78 is 1.69. The molecule has 0 bridgehead atoms. The summed E-state index contributed by atoms with van der Waals surface area (Å²) in [5.74, 6) is 0.578. The first kappa shape index (κ1) is 16.8. The highest BCUT2D eigenvalue weighted by Gasteiger charge is 2.33. The third-order valence-corrected chi connectivity index (χ3v) is 6.53. The fourth-order valence-electron chi connectivity index (χ4n) is 4.35. The molecule has 6 heteroatoms. The zero-order valence-electron chi connectivity index (χ0n) is 14.8. The Bertz CT molecular complexity index is 722. The molecule has 0 spiro atoms. The van der Waals surface area contributed by atoms with Crippen LogP contribution in [0.1, 0.15) is 42.6 Å². The van der Waals surface area contributed by atoms with Crippen LogP contribution in [0.15, 0.2) is 23.6 Å².